The van der Waals surface area contributed by atoms with E-state index in [0.29, 0.717) is 5.75 Å². The summed E-state index contributed by atoms with van der Waals surface area (Å²) >= 11 is 0. The molecule has 0 fully saturated rings. The maximum absolute atomic E-state index is 10.5. The van der Waals surface area contributed by atoms with E-state index in [2.05, 4.69) is 9.97 Å². The molecule has 5 nitrogen and oxygen atoms in total. The summed E-state index contributed by atoms with van der Waals surface area (Å²) in [5.41, 5.74) is 6.10. The van der Waals surface area contributed by atoms with Crippen molar-refractivity contribution < 1.29 is 9.53 Å². The van der Waals surface area contributed by atoms with Crippen LogP contribution in [0.1, 0.15) is 11.4 Å². The van der Waals surface area contributed by atoms with Gasteiger partial charge >= 0.3 is 0 Å². The normalized spacial score (nSPS) is 10.1. The molecule has 1 aromatic carbocycles. The first-order valence-electron chi connectivity index (χ1n) is 5.22. The Morgan fingerprint density at radius 1 is 1.35 bits per heavy atom. The smallest absolute Gasteiger partial charge is 0.255 e. The number of H-pyrrole nitrogens is 1. The first-order valence-corrected chi connectivity index (χ1v) is 5.22. The first-order chi connectivity index (χ1) is 8.24. The maximum Gasteiger partial charge on any atom is 0.255 e. The second-order valence-electron chi connectivity index (χ2n) is 3.61. The number of imidazole rings is 1. The minimum Gasteiger partial charge on any atom is -0.484 e. The summed E-state index contributed by atoms with van der Waals surface area (Å²) in [4.78, 5) is 17.7. The van der Waals surface area contributed by atoms with Crippen molar-refractivity contribution in [3.05, 3.63) is 48.0 Å². The van der Waals surface area contributed by atoms with E-state index in [1.54, 1.807) is 24.5 Å². The zero-order valence-corrected chi connectivity index (χ0v) is 9.22. The van der Waals surface area contributed by atoms with Gasteiger partial charge in [-0.05, 0) is 17.7 Å². The molecule has 88 valence electrons. The SMILES string of the molecule is NC(=O)COc1ccc(Cc2ncc[nH]2)cc1. The molecule has 0 aliphatic rings. The summed E-state index contributed by atoms with van der Waals surface area (Å²) in [7, 11) is 0. The largest absolute Gasteiger partial charge is 0.484 e. The van der Waals surface area contributed by atoms with Gasteiger partial charge in [0.1, 0.15) is 11.6 Å². The number of ether oxygens (including phenoxy) is 1. The molecule has 0 saturated carbocycles. The number of rotatable bonds is 5. The molecule has 1 aromatic heterocycles. The minimum atomic E-state index is -0.482. The Balaban J connectivity index is 1.95. The van der Waals surface area contributed by atoms with Crippen LogP contribution in [0.25, 0.3) is 0 Å². The average Bonchev–Trinajstić information content (AvgIpc) is 2.81. The molecule has 0 bridgehead atoms. The van der Waals surface area contributed by atoms with Crippen LogP contribution >= 0.6 is 0 Å². The van der Waals surface area contributed by atoms with Crippen LogP contribution in [0.15, 0.2) is 36.7 Å². The Morgan fingerprint density at radius 2 is 2.12 bits per heavy atom. The molecular weight excluding hydrogens is 218 g/mol. The summed E-state index contributed by atoms with van der Waals surface area (Å²) in [5, 5.41) is 0. The highest BCUT2D eigenvalue weighted by Gasteiger charge is 2.00. The third-order valence-corrected chi connectivity index (χ3v) is 2.23. The van der Waals surface area contributed by atoms with Crippen molar-refractivity contribution in [3.8, 4) is 5.75 Å². The van der Waals surface area contributed by atoms with Crippen LogP contribution in [0.5, 0.6) is 5.75 Å². The van der Waals surface area contributed by atoms with E-state index in [1.807, 2.05) is 12.1 Å². The van der Waals surface area contributed by atoms with Gasteiger partial charge in [-0.15, -0.1) is 0 Å². The number of nitrogens with one attached hydrogen (secondary N) is 1. The zero-order valence-electron chi connectivity index (χ0n) is 9.22. The van der Waals surface area contributed by atoms with Gasteiger partial charge in [0.05, 0.1) is 0 Å². The molecule has 0 spiro atoms. The lowest BCUT2D eigenvalue weighted by atomic mass is 10.1. The van der Waals surface area contributed by atoms with E-state index < -0.39 is 5.91 Å². The van der Waals surface area contributed by atoms with Crippen LogP contribution in [-0.4, -0.2) is 22.5 Å². The Labute approximate surface area is 98.6 Å². The number of hydrogen-bond acceptors (Lipinski definition) is 3. The van der Waals surface area contributed by atoms with E-state index >= 15 is 0 Å². The van der Waals surface area contributed by atoms with Gasteiger partial charge in [-0.3, -0.25) is 4.79 Å². The monoisotopic (exact) mass is 231 g/mol. The molecule has 1 heterocycles. The van der Waals surface area contributed by atoms with Gasteiger partial charge in [0.25, 0.3) is 5.91 Å². The fourth-order valence-electron chi connectivity index (χ4n) is 1.45. The van der Waals surface area contributed by atoms with Crippen molar-refractivity contribution in [2.75, 3.05) is 6.61 Å². The number of nitrogens with two attached hydrogens (primary N) is 1. The summed E-state index contributed by atoms with van der Waals surface area (Å²) in [6.07, 6.45) is 4.25. The molecule has 5 heteroatoms. The molecule has 0 aliphatic carbocycles. The molecular formula is C12H13N3O2. The molecule has 0 aliphatic heterocycles. The summed E-state index contributed by atoms with van der Waals surface area (Å²) in [6, 6.07) is 7.47. The van der Waals surface area contributed by atoms with Crippen LogP contribution in [0.3, 0.4) is 0 Å². The number of primary amides is 1. The van der Waals surface area contributed by atoms with E-state index in [0.717, 1.165) is 17.8 Å². The highest BCUT2D eigenvalue weighted by molar-refractivity contribution is 5.75. The topological polar surface area (TPSA) is 81.0 Å². The quantitative estimate of drug-likeness (QED) is 0.801. The fourth-order valence-corrected chi connectivity index (χ4v) is 1.45. The van der Waals surface area contributed by atoms with E-state index in [9.17, 15) is 4.79 Å². The third-order valence-electron chi connectivity index (χ3n) is 2.23. The van der Waals surface area contributed by atoms with Crippen molar-refractivity contribution in [2.45, 2.75) is 6.42 Å². The Hall–Kier alpha value is -2.30. The molecule has 2 aromatic rings. The second kappa shape index (κ2) is 5.16. The van der Waals surface area contributed by atoms with Gasteiger partial charge in [-0.2, -0.15) is 0 Å². The van der Waals surface area contributed by atoms with Gasteiger partial charge in [-0.25, -0.2) is 4.98 Å². The number of carbonyl (C=O) groups is 1. The van der Waals surface area contributed by atoms with Crippen LogP contribution < -0.4 is 10.5 Å². The second-order valence-corrected chi connectivity index (χ2v) is 3.61. The molecule has 0 atom stereocenters. The number of aromatic amines is 1. The van der Waals surface area contributed by atoms with Gasteiger partial charge in [0.15, 0.2) is 6.61 Å². The number of nitrogens with zero attached hydrogens (tertiary/aromatic N) is 1. The van der Waals surface area contributed by atoms with Crippen molar-refractivity contribution in [3.63, 3.8) is 0 Å². The van der Waals surface area contributed by atoms with Crippen LogP contribution in [0.4, 0.5) is 0 Å². The zero-order chi connectivity index (χ0) is 12.1. The lowest BCUT2D eigenvalue weighted by Crippen LogP contribution is -2.19. The average molecular weight is 231 g/mol. The predicted molar refractivity (Wildman–Crippen MR) is 62.5 cm³/mol. The van der Waals surface area contributed by atoms with Gasteiger partial charge in [0, 0.05) is 18.8 Å². The van der Waals surface area contributed by atoms with Crippen molar-refractivity contribution >= 4 is 5.91 Å². The molecule has 3 N–H and O–H groups in total. The molecule has 1 amide bonds. The van der Waals surface area contributed by atoms with Crippen LogP contribution in [-0.2, 0) is 11.2 Å². The van der Waals surface area contributed by atoms with E-state index in [4.69, 9.17) is 10.5 Å². The number of aromatic nitrogens is 2. The number of amides is 1. The van der Waals surface area contributed by atoms with Crippen LogP contribution in [0, 0.1) is 0 Å². The van der Waals surface area contributed by atoms with Crippen molar-refractivity contribution in [1.82, 2.24) is 9.97 Å². The van der Waals surface area contributed by atoms with E-state index in [-0.39, 0.29) is 6.61 Å². The third kappa shape index (κ3) is 3.34. The Morgan fingerprint density at radius 3 is 2.71 bits per heavy atom. The lowest BCUT2D eigenvalue weighted by molar-refractivity contribution is -0.119. The number of benzene rings is 1. The summed E-state index contributed by atoms with van der Waals surface area (Å²) < 4.78 is 5.16. The Bertz CT molecular complexity index is 477. The van der Waals surface area contributed by atoms with Crippen molar-refractivity contribution in [2.24, 2.45) is 5.73 Å². The highest BCUT2D eigenvalue weighted by Crippen LogP contribution is 2.13. The van der Waals surface area contributed by atoms with E-state index in [1.165, 1.54) is 0 Å². The molecule has 0 saturated heterocycles. The number of hydrogen-bond donors (Lipinski definition) is 2. The molecule has 0 unspecified atom stereocenters. The standard InChI is InChI=1S/C12H13N3O2/c13-11(16)8-17-10-3-1-9(2-4-10)7-12-14-5-6-15-12/h1-6H,7-8H2,(H2,13,16)(H,14,15). The van der Waals surface area contributed by atoms with Gasteiger partial charge in [-0.1, -0.05) is 12.1 Å². The lowest BCUT2D eigenvalue weighted by Gasteiger charge is -2.04. The Kier molecular flexibility index (Phi) is 3.40. The first kappa shape index (κ1) is 11.2. The predicted octanol–water partition coefficient (Wildman–Crippen LogP) is 0.865. The minimum absolute atomic E-state index is 0.0997. The van der Waals surface area contributed by atoms with Crippen molar-refractivity contribution in [1.29, 1.82) is 0 Å². The van der Waals surface area contributed by atoms with Crippen LogP contribution in [0.2, 0.25) is 0 Å². The van der Waals surface area contributed by atoms with Gasteiger partial charge < -0.3 is 15.5 Å². The molecule has 0 radical (unpaired) electrons. The van der Waals surface area contributed by atoms with Gasteiger partial charge in [0.2, 0.25) is 0 Å². The fraction of sp³-hybridized carbons (Fsp3) is 0.167. The number of carbonyl (C=O) groups excluding carboxylic acids is 1. The molecule has 2 rings (SSSR count). The maximum atomic E-state index is 10.5. The highest BCUT2D eigenvalue weighted by atomic mass is 16.5. The summed E-state index contributed by atoms with van der Waals surface area (Å²) in [6.45, 7) is -0.0997. The molecule has 17 heavy (non-hydrogen) atoms. The summed E-state index contributed by atoms with van der Waals surface area (Å²) in [5.74, 6) is 1.06.